The number of carbonyl (C=O) groups excluding carboxylic acids is 1. The smallest absolute Gasteiger partial charge is 0.233 e. The molecule has 5 nitrogen and oxygen atoms in total. The summed E-state index contributed by atoms with van der Waals surface area (Å²) in [5.74, 6) is 0.436. The molecule has 2 unspecified atom stereocenters. The van der Waals surface area contributed by atoms with Gasteiger partial charge in [0.15, 0.2) is 5.11 Å². The lowest BCUT2D eigenvalue weighted by Crippen LogP contribution is -2.47. The largest absolute Gasteiger partial charge is 0.496 e. The highest BCUT2D eigenvalue weighted by Gasteiger charge is 2.38. The van der Waals surface area contributed by atoms with Crippen LogP contribution in [-0.2, 0) is 17.6 Å². The molecule has 0 saturated carbocycles. The van der Waals surface area contributed by atoms with Gasteiger partial charge in [-0.3, -0.25) is 4.79 Å². The zero-order valence-corrected chi connectivity index (χ0v) is 16.1. The molecule has 3 rings (SSSR count). The predicted octanol–water partition coefficient (Wildman–Crippen LogP) is 2.67. The molecule has 0 aromatic heterocycles. The SMILES string of the molecule is COc1cc2c(cc1C1NC(=S)N=C(C)C1C(=O)N(C)C)CCCC2. The van der Waals surface area contributed by atoms with E-state index in [0.717, 1.165) is 29.9 Å². The van der Waals surface area contributed by atoms with Crippen molar-refractivity contribution in [2.45, 2.75) is 38.6 Å². The Balaban J connectivity index is 2.10. The standard InChI is InChI=1S/C19H25N3O2S/c1-11-16(18(23)22(2)3)17(21-19(25)20-11)14-9-12-7-5-6-8-13(12)10-15(14)24-4/h9-10,16-17H,5-8H2,1-4H3,(H,21,25). The highest BCUT2D eigenvalue weighted by molar-refractivity contribution is 7.80. The van der Waals surface area contributed by atoms with Crippen LogP contribution < -0.4 is 10.1 Å². The van der Waals surface area contributed by atoms with Gasteiger partial charge in [0.1, 0.15) is 11.7 Å². The Morgan fingerprint density at radius 1 is 1.28 bits per heavy atom. The fraction of sp³-hybridized carbons (Fsp3) is 0.526. The Labute approximate surface area is 154 Å². The normalized spacial score (nSPS) is 22.6. The van der Waals surface area contributed by atoms with E-state index >= 15 is 0 Å². The van der Waals surface area contributed by atoms with Crippen molar-refractivity contribution in [1.29, 1.82) is 0 Å². The van der Waals surface area contributed by atoms with Gasteiger partial charge in [-0.1, -0.05) is 0 Å². The minimum Gasteiger partial charge on any atom is -0.496 e. The summed E-state index contributed by atoms with van der Waals surface area (Å²) in [6.45, 7) is 1.87. The molecular formula is C19H25N3O2S. The van der Waals surface area contributed by atoms with E-state index in [1.165, 1.54) is 24.0 Å². The van der Waals surface area contributed by atoms with Gasteiger partial charge in [0.2, 0.25) is 5.91 Å². The molecule has 1 aromatic rings. The number of hydrogen-bond acceptors (Lipinski definition) is 3. The van der Waals surface area contributed by atoms with Crippen LogP contribution in [-0.4, -0.2) is 42.8 Å². The van der Waals surface area contributed by atoms with Crippen LogP contribution in [0.25, 0.3) is 0 Å². The van der Waals surface area contributed by atoms with Gasteiger partial charge >= 0.3 is 0 Å². The Morgan fingerprint density at radius 2 is 1.92 bits per heavy atom. The van der Waals surface area contributed by atoms with E-state index in [-0.39, 0.29) is 11.9 Å². The maximum absolute atomic E-state index is 12.8. The monoisotopic (exact) mass is 359 g/mol. The Kier molecular flexibility index (Phi) is 5.08. The molecule has 0 fully saturated rings. The summed E-state index contributed by atoms with van der Waals surface area (Å²) in [6.07, 6.45) is 4.58. The number of benzene rings is 1. The van der Waals surface area contributed by atoms with Crippen LogP contribution in [0.4, 0.5) is 0 Å². The molecule has 1 aliphatic carbocycles. The van der Waals surface area contributed by atoms with Gasteiger partial charge in [0, 0.05) is 25.4 Å². The van der Waals surface area contributed by atoms with Crippen LogP contribution >= 0.6 is 12.2 Å². The molecule has 0 saturated heterocycles. The zero-order valence-electron chi connectivity index (χ0n) is 15.3. The lowest BCUT2D eigenvalue weighted by atomic mass is 9.83. The quantitative estimate of drug-likeness (QED) is 0.843. The Bertz CT molecular complexity index is 742. The lowest BCUT2D eigenvalue weighted by Gasteiger charge is -2.34. The maximum Gasteiger partial charge on any atom is 0.233 e. The average molecular weight is 359 g/mol. The fourth-order valence-electron chi connectivity index (χ4n) is 3.78. The number of aliphatic imine (C=N–C) groups is 1. The van der Waals surface area contributed by atoms with E-state index in [2.05, 4.69) is 22.4 Å². The summed E-state index contributed by atoms with van der Waals surface area (Å²) in [4.78, 5) is 18.8. The molecule has 6 heteroatoms. The summed E-state index contributed by atoms with van der Waals surface area (Å²) in [5.41, 5.74) is 4.43. The molecule has 1 aliphatic heterocycles. The molecule has 0 spiro atoms. The summed E-state index contributed by atoms with van der Waals surface area (Å²) in [6, 6.07) is 4.07. The van der Waals surface area contributed by atoms with Gasteiger partial charge in [0.05, 0.1) is 13.2 Å². The molecule has 2 aliphatic rings. The number of amides is 1. The van der Waals surface area contributed by atoms with E-state index in [4.69, 9.17) is 17.0 Å². The number of aryl methyl sites for hydroxylation is 2. The van der Waals surface area contributed by atoms with Crippen LogP contribution in [0.3, 0.4) is 0 Å². The van der Waals surface area contributed by atoms with Crippen LogP contribution in [0.5, 0.6) is 5.75 Å². The average Bonchev–Trinajstić information content (AvgIpc) is 2.59. The van der Waals surface area contributed by atoms with E-state index in [0.29, 0.717) is 5.11 Å². The zero-order chi connectivity index (χ0) is 18.1. The number of hydrogen-bond donors (Lipinski definition) is 1. The minimum absolute atomic E-state index is 0.0148. The Morgan fingerprint density at radius 3 is 2.52 bits per heavy atom. The first-order chi connectivity index (χ1) is 11.9. The third kappa shape index (κ3) is 3.40. The molecule has 1 aromatic carbocycles. The van der Waals surface area contributed by atoms with Crippen molar-refractivity contribution in [1.82, 2.24) is 10.2 Å². The molecule has 0 radical (unpaired) electrons. The molecule has 1 amide bonds. The van der Waals surface area contributed by atoms with Gasteiger partial charge in [-0.05, 0) is 68.1 Å². The molecule has 1 N–H and O–H groups in total. The summed E-state index contributed by atoms with van der Waals surface area (Å²) in [5, 5.41) is 3.67. The number of ether oxygens (including phenoxy) is 1. The number of nitrogens with zero attached hydrogens (tertiary/aromatic N) is 2. The van der Waals surface area contributed by atoms with Crippen molar-refractivity contribution in [3.05, 3.63) is 28.8 Å². The first-order valence-electron chi connectivity index (χ1n) is 8.69. The van der Waals surface area contributed by atoms with E-state index in [1.54, 1.807) is 26.1 Å². The van der Waals surface area contributed by atoms with Crippen LogP contribution in [0.2, 0.25) is 0 Å². The topological polar surface area (TPSA) is 53.9 Å². The second-order valence-electron chi connectivity index (χ2n) is 6.96. The molecular weight excluding hydrogens is 334 g/mol. The molecule has 25 heavy (non-hydrogen) atoms. The molecule has 0 bridgehead atoms. The van der Waals surface area contributed by atoms with E-state index < -0.39 is 5.92 Å². The van der Waals surface area contributed by atoms with Crippen molar-refractivity contribution >= 4 is 28.9 Å². The number of fused-ring (bicyclic) bond motifs is 1. The highest BCUT2D eigenvalue weighted by Crippen LogP contribution is 2.37. The highest BCUT2D eigenvalue weighted by atomic mass is 32.1. The first kappa shape index (κ1) is 17.9. The summed E-state index contributed by atoms with van der Waals surface area (Å²) in [7, 11) is 5.21. The molecule has 1 heterocycles. The summed E-state index contributed by atoms with van der Waals surface area (Å²) >= 11 is 5.30. The van der Waals surface area contributed by atoms with Crippen molar-refractivity contribution in [3.8, 4) is 5.75 Å². The minimum atomic E-state index is -0.391. The first-order valence-corrected chi connectivity index (χ1v) is 9.09. The Hall–Kier alpha value is -1.95. The van der Waals surface area contributed by atoms with Gasteiger partial charge in [-0.2, -0.15) is 0 Å². The maximum atomic E-state index is 12.8. The lowest BCUT2D eigenvalue weighted by molar-refractivity contribution is -0.131. The number of carbonyl (C=O) groups is 1. The number of rotatable bonds is 3. The van der Waals surface area contributed by atoms with E-state index in [9.17, 15) is 4.79 Å². The molecule has 134 valence electrons. The third-order valence-corrected chi connectivity index (χ3v) is 5.29. The van der Waals surface area contributed by atoms with Crippen LogP contribution in [0.15, 0.2) is 17.1 Å². The van der Waals surface area contributed by atoms with Gasteiger partial charge in [-0.25, -0.2) is 4.99 Å². The van der Waals surface area contributed by atoms with Crippen LogP contribution in [0.1, 0.15) is 42.5 Å². The summed E-state index contributed by atoms with van der Waals surface area (Å²) < 4.78 is 5.68. The van der Waals surface area contributed by atoms with Gasteiger partial charge in [-0.15, -0.1) is 0 Å². The number of thiocarbonyl (C=S) groups is 1. The molecule has 2 atom stereocenters. The second-order valence-corrected chi connectivity index (χ2v) is 7.35. The van der Waals surface area contributed by atoms with Crippen molar-refractivity contribution < 1.29 is 9.53 Å². The van der Waals surface area contributed by atoms with Crippen molar-refractivity contribution in [2.75, 3.05) is 21.2 Å². The van der Waals surface area contributed by atoms with Gasteiger partial charge < -0.3 is 15.0 Å². The fourth-order valence-corrected chi connectivity index (χ4v) is 4.05. The van der Waals surface area contributed by atoms with Gasteiger partial charge in [0.25, 0.3) is 0 Å². The number of methoxy groups -OCH3 is 1. The second kappa shape index (κ2) is 7.12. The third-order valence-electron chi connectivity index (χ3n) is 5.08. The van der Waals surface area contributed by atoms with Crippen molar-refractivity contribution in [2.24, 2.45) is 10.9 Å². The van der Waals surface area contributed by atoms with E-state index in [1.807, 2.05) is 6.92 Å². The van der Waals surface area contributed by atoms with Crippen molar-refractivity contribution in [3.63, 3.8) is 0 Å². The predicted molar refractivity (Wildman–Crippen MR) is 103 cm³/mol. The number of nitrogens with one attached hydrogen (secondary N) is 1. The van der Waals surface area contributed by atoms with Crippen LogP contribution in [0, 0.1) is 5.92 Å².